The van der Waals surface area contributed by atoms with E-state index >= 15 is 0 Å². The van der Waals surface area contributed by atoms with E-state index in [0.29, 0.717) is 6.29 Å². The van der Waals surface area contributed by atoms with Gasteiger partial charge in [-0.05, 0) is 12.1 Å². The van der Waals surface area contributed by atoms with E-state index in [2.05, 4.69) is 4.74 Å². The summed E-state index contributed by atoms with van der Waals surface area (Å²) < 4.78 is 39.9. The van der Waals surface area contributed by atoms with Crippen molar-refractivity contribution in [3.05, 3.63) is 28.8 Å². The summed E-state index contributed by atoms with van der Waals surface area (Å²) in [5.74, 6) is -0.171. The SMILES string of the molecule is O=Cc1c(Cl)cccc1OCC(F)(F)F. The molecule has 0 aromatic heterocycles. The third kappa shape index (κ3) is 3.43. The maximum absolute atomic E-state index is 11.8. The molecule has 0 aliphatic heterocycles. The number of halogens is 4. The smallest absolute Gasteiger partial charge is 0.422 e. The number of aldehydes is 1. The lowest BCUT2D eigenvalue weighted by atomic mass is 10.2. The Morgan fingerprint density at radius 2 is 2.07 bits per heavy atom. The zero-order valence-corrected chi connectivity index (χ0v) is 8.10. The largest absolute Gasteiger partial charge is 0.483 e. The number of alkyl halides is 3. The van der Waals surface area contributed by atoms with Crippen LogP contribution in [0.1, 0.15) is 10.4 Å². The monoisotopic (exact) mass is 238 g/mol. The van der Waals surface area contributed by atoms with E-state index in [1.165, 1.54) is 18.2 Å². The first-order valence-electron chi connectivity index (χ1n) is 3.87. The molecule has 0 unspecified atom stereocenters. The van der Waals surface area contributed by atoms with Crippen molar-refractivity contribution < 1.29 is 22.7 Å². The highest BCUT2D eigenvalue weighted by Crippen LogP contribution is 2.26. The van der Waals surface area contributed by atoms with Gasteiger partial charge < -0.3 is 4.74 Å². The van der Waals surface area contributed by atoms with E-state index in [9.17, 15) is 18.0 Å². The van der Waals surface area contributed by atoms with Crippen LogP contribution in [0.15, 0.2) is 18.2 Å². The normalized spacial score (nSPS) is 11.2. The molecule has 0 saturated carbocycles. The van der Waals surface area contributed by atoms with Crippen LogP contribution in [0.4, 0.5) is 13.2 Å². The van der Waals surface area contributed by atoms with Crippen LogP contribution in [0.3, 0.4) is 0 Å². The molecule has 0 bridgehead atoms. The maximum atomic E-state index is 11.8. The Hall–Kier alpha value is -1.23. The Labute approximate surface area is 88.6 Å². The average molecular weight is 239 g/mol. The number of carbonyl (C=O) groups excluding carboxylic acids is 1. The Balaban J connectivity index is 2.85. The van der Waals surface area contributed by atoms with Gasteiger partial charge in [-0.15, -0.1) is 0 Å². The number of benzene rings is 1. The van der Waals surface area contributed by atoms with Gasteiger partial charge in [-0.3, -0.25) is 4.79 Å². The predicted octanol–water partition coefficient (Wildman–Crippen LogP) is 3.09. The maximum Gasteiger partial charge on any atom is 0.422 e. The number of ether oxygens (including phenoxy) is 1. The first-order chi connectivity index (χ1) is 6.94. The third-order valence-electron chi connectivity index (χ3n) is 1.52. The summed E-state index contributed by atoms with van der Waals surface area (Å²) in [6, 6.07) is 4.05. The molecule has 0 aliphatic carbocycles. The molecule has 1 rings (SSSR count). The summed E-state index contributed by atoms with van der Waals surface area (Å²) in [5.41, 5.74) is -0.0802. The molecular weight excluding hydrogens is 233 g/mol. The highest BCUT2D eigenvalue weighted by Gasteiger charge is 2.28. The van der Waals surface area contributed by atoms with Crippen LogP contribution in [0, 0.1) is 0 Å². The minimum atomic E-state index is -4.44. The highest BCUT2D eigenvalue weighted by atomic mass is 35.5. The Morgan fingerprint density at radius 1 is 1.40 bits per heavy atom. The van der Waals surface area contributed by atoms with E-state index < -0.39 is 12.8 Å². The lowest BCUT2D eigenvalue weighted by Gasteiger charge is -2.11. The number of rotatable bonds is 3. The van der Waals surface area contributed by atoms with Crippen LogP contribution in [0.5, 0.6) is 5.75 Å². The third-order valence-corrected chi connectivity index (χ3v) is 1.85. The molecule has 0 saturated heterocycles. The second kappa shape index (κ2) is 4.53. The standard InChI is InChI=1S/C9H6ClF3O2/c10-7-2-1-3-8(6(7)4-14)15-5-9(11,12)13/h1-4H,5H2. The summed E-state index contributed by atoms with van der Waals surface area (Å²) >= 11 is 5.59. The minimum absolute atomic E-state index is 0.0599. The van der Waals surface area contributed by atoms with Crippen molar-refractivity contribution in [2.24, 2.45) is 0 Å². The fourth-order valence-electron chi connectivity index (χ4n) is 0.917. The molecule has 0 atom stereocenters. The Kier molecular flexibility index (Phi) is 3.57. The van der Waals surface area contributed by atoms with Crippen LogP contribution in [-0.2, 0) is 0 Å². The quantitative estimate of drug-likeness (QED) is 0.757. The van der Waals surface area contributed by atoms with E-state index in [1.54, 1.807) is 0 Å². The number of hydrogen-bond donors (Lipinski definition) is 0. The summed E-state index contributed by atoms with van der Waals surface area (Å²) in [6.07, 6.45) is -4.09. The molecule has 0 fully saturated rings. The van der Waals surface area contributed by atoms with Crippen molar-refractivity contribution in [3.63, 3.8) is 0 Å². The van der Waals surface area contributed by atoms with Crippen LogP contribution in [0.25, 0.3) is 0 Å². The molecule has 0 aliphatic rings. The lowest BCUT2D eigenvalue weighted by Crippen LogP contribution is -2.19. The Morgan fingerprint density at radius 3 is 2.60 bits per heavy atom. The minimum Gasteiger partial charge on any atom is -0.483 e. The zero-order chi connectivity index (χ0) is 11.5. The first kappa shape index (κ1) is 11.8. The van der Waals surface area contributed by atoms with Gasteiger partial charge in [-0.1, -0.05) is 17.7 Å². The molecule has 0 radical (unpaired) electrons. The first-order valence-corrected chi connectivity index (χ1v) is 4.25. The van der Waals surface area contributed by atoms with Gasteiger partial charge in [-0.25, -0.2) is 0 Å². The van der Waals surface area contributed by atoms with Crippen molar-refractivity contribution >= 4 is 17.9 Å². The molecule has 2 nitrogen and oxygen atoms in total. The van der Waals surface area contributed by atoms with E-state index in [4.69, 9.17) is 11.6 Å². The van der Waals surface area contributed by atoms with Crippen LogP contribution < -0.4 is 4.74 Å². The summed E-state index contributed by atoms with van der Waals surface area (Å²) in [5, 5.41) is 0.0599. The van der Waals surface area contributed by atoms with Gasteiger partial charge in [0.1, 0.15) is 5.75 Å². The van der Waals surface area contributed by atoms with Gasteiger partial charge in [-0.2, -0.15) is 13.2 Å². The Bertz CT molecular complexity index is 363. The predicted molar refractivity (Wildman–Crippen MR) is 48.4 cm³/mol. The van der Waals surface area contributed by atoms with Crippen molar-refractivity contribution in [2.75, 3.05) is 6.61 Å². The zero-order valence-electron chi connectivity index (χ0n) is 7.34. The van der Waals surface area contributed by atoms with Crippen molar-refractivity contribution in [2.45, 2.75) is 6.18 Å². The van der Waals surface area contributed by atoms with Gasteiger partial charge in [0.05, 0.1) is 10.6 Å². The summed E-state index contributed by atoms with van der Waals surface area (Å²) in [6.45, 7) is -1.45. The fourth-order valence-corrected chi connectivity index (χ4v) is 1.13. The van der Waals surface area contributed by atoms with Crippen molar-refractivity contribution in [1.29, 1.82) is 0 Å². The van der Waals surface area contributed by atoms with E-state index in [1.807, 2.05) is 0 Å². The molecule has 6 heteroatoms. The van der Waals surface area contributed by atoms with Gasteiger partial charge in [0.15, 0.2) is 12.9 Å². The molecule has 0 amide bonds. The molecule has 15 heavy (non-hydrogen) atoms. The van der Waals surface area contributed by atoms with Gasteiger partial charge in [0.25, 0.3) is 0 Å². The average Bonchev–Trinajstić information content (AvgIpc) is 2.13. The number of hydrogen-bond acceptors (Lipinski definition) is 2. The molecule has 1 aromatic rings. The molecule has 1 aromatic carbocycles. The van der Waals surface area contributed by atoms with Gasteiger partial charge in [0, 0.05) is 0 Å². The second-order valence-electron chi connectivity index (χ2n) is 2.67. The highest BCUT2D eigenvalue weighted by molar-refractivity contribution is 6.33. The molecule has 0 N–H and O–H groups in total. The summed E-state index contributed by atoms with van der Waals surface area (Å²) in [4.78, 5) is 10.5. The van der Waals surface area contributed by atoms with Crippen LogP contribution in [-0.4, -0.2) is 19.1 Å². The van der Waals surface area contributed by atoms with Gasteiger partial charge >= 0.3 is 6.18 Å². The van der Waals surface area contributed by atoms with E-state index in [-0.39, 0.29) is 16.3 Å². The molecule has 0 heterocycles. The lowest BCUT2D eigenvalue weighted by molar-refractivity contribution is -0.153. The topological polar surface area (TPSA) is 26.3 Å². The molecule has 82 valence electrons. The fraction of sp³-hybridized carbons (Fsp3) is 0.222. The van der Waals surface area contributed by atoms with Crippen LogP contribution in [0.2, 0.25) is 5.02 Å². The molecule has 0 spiro atoms. The van der Waals surface area contributed by atoms with Crippen molar-refractivity contribution in [3.8, 4) is 5.75 Å². The molecular formula is C9H6ClF3O2. The van der Waals surface area contributed by atoms with E-state index in [0.717, 1.165) is 0 Å². The van der Waals surface area contributed by atoms with Crippen LogP contribution >= 0.6 is 11.6 Å². The second-order valence-corrected chi connectivity index (χ2v) is 3.08. The summed E-state index contributed by atoms with van der Waals surface area (Å²) in [7, 11) is 0. The van der Waals surface area contributed by atoms with Gasteiger partial charge in [0.2, 0.25) is 0 Å². The van der Waals surface area contributed by atoms with Crippen molar-refractivity contribution in [1.82, 2.24) is 0 Å². The number of carbonyl (C=O) groups is 1.